The van der Waals surface area contributed by atoms with E-state index in [2.05, 4.69) is 0 Å². The van der Waals surface area contributed by atoms with Crippen molar-refractivity contribution >= 4 is 11.8 Å². The predicted molar refractivity (Wildman–Crippen MR) is 45.3 cm³/mol. The molecule has 0 aromatic rings. The first kappa shape index (κ1) is 9.72. The Morgan fingerprint density at radius 1 is 1.54 bits per heavy atom. The standard InChI is InChI=1S/C9H12N2O2/c1-6(5-10)11-7(12)4-9(2,3)8(11)13/h6H,4H2,1-3H3. The molecular weight excluding hydrogens is 168 g/mol. The van der Waals surface area contributed by atoms with Crippen molar-refractivity contribution in [2.75, 3.05) is 0 Å². The highest BCUT2D eigenvalue weighted by molar-refractivity contribution is 6.05. The fourth-order valence-electron chi connectivity index (χ4n) is 1.43. The first-order chi connectivity index (χ1) is 5.90. The molecule has 1 aliphatic heterocycles. The normalized spacial score (nSPS) is 23.1. The molecule has 0 aromatic carbocycles. The Balaban J connectivity index is 2.97. The van der Waals surface area contributed by atoms with Gasteiger partial charge in [-0.3, -0.25) is 14.5 Å². The van der Waals surface area contributed by atoms with Crippen LogP contribution < -0.4 is 0 Å². The Morgan fingerprint density at radius 3 is 2.38 bits per heavy atom. The predicted octanol–water partition coefficient (Wildman–Crippen LogP) is 0.684. The van der Waals surface area contributed by atoms with Gasteiger partial charge in [-0.05, 0) is 6.92 Å². The van der Waals surface area contributed by atoms with Crippen LogP contribution in [0.4, 0.5) is 0 Å². The Kier molecular flexibility index (Phi) is 2.12. The van der Waals surface area contributed by atoms with Gasteiger partial charge in [0.05, 0.1) is 11.5 Å². The van der Waals surface area contributed by atoms with Crippen molar-refractivity contribution in [3.05, 3.63) is 0 Å². The fraction of sp³-hybridized carbons (Fsp3) is 0.667. The number of hydrogen-bond donors (Lipinski definition) is 0. The topological polar surface area (TPSA) is 61.2 Å². The van der Waals surface area contributed by atoms with E-state index in [1.807, 2.05) is 6.07 Å². The number of imide groups is 1. The van der Waals surface area contributed by atoms with Gasteiger partial charge in [0, 0.05) is 6.42 Å². The van der Waals surface area contributed by atoms with Crippen LogP contribution in [0.2, 0.25) is 0 Å². The van der Waals surface area contributed by atoms with Crippen LogP contribution in [0, 0.1) is 16.7 Å². The summed E-state index contributed by atoms with van der Waals surface area (Å²) in [5.41, 5.74) is -0.637. The van der Waals surface area contributed by atoms with E-state index in [1.165, 1.54) is 0 Å². The van der Waals surface area contributed by atoms with E-state index in [9.17, 15) is 9.59 Å². The monoisotopic (exact) mass is 180 g/mol. The summed E-state index contributed by atoms with van der Waals surface area (Å²) in [4.78, 5) is 24.0. The fourth-order valence-corrected chi connectivity index (χ4v) is 1.43. The lowest BCUT2D eigenvalue weighted by atomic mass is 9.92. The van der Waals surface area contributed by atoms with E-state index >= 15 is 0 Å². The van der Waals surface area contributed by atoms with Crippen LogP contribution in [0.5, 0.6) is 0 Å². The molecule has 0 aromatic heterocycles. The second-order valence-corrected chi connectivity index (χ2v) is 3.93. The van der Waals surface area contributed by atoms with Gasteiger partial charge in [0.2, 0.25) is 11.8 Å². The number of likely N-dealkylation sites (tertiary alicyclic amines) is 1. The largest absolute Gasteiger partial charge is 0.274 e. The molecule has 1 rings (SSSR count). The van der Waals surface area contributed by atoms with Gasteiger partial charge in [0.25, 0.3) is 0 Å². The van der Waals surface area contributed by atoms with Crippen molar-refractivity contribution in [2.24, 2.45) is 5.41 Å². The molecule has 0 radical (unpaired) electrons. The van der Waals surface area contributed by atoms with Crippen LogP contribution in [0.3, 0.4) is 0 Å². The summed E-state index contributed by atoms with van der Waals surface area (Å²) in [6, 6.07) is 1.24. The second kappa shape index (κ2) is 2.84. The van der Waals surface area contributed by atoms with Crippen LogP contribution >= 0.6 is 0 Å². The molecule has 1 fully saturated rings. The molecule has 0 N–H and O–H groups in total. The first-order valence-corrected chi connectivity index (χ1v) is 4.16. The summed E-state index contributed by atoms with van der Waals surface area (Å²) >= 11 is 0. The zero-order valence-corrected chi connectivity index (χ0v) is 8.00. The Hall–Kier alpha value is -1.37. The molecular formula is C9H12N2O2. The lowest BCUT2D eigenvalue weighted by molar-refractivity contribution is -0.141. The van der Waals surface area contributed by atoms with Gasteiger partial charge in [0.15, 0.2) is 0 Å². The number of carbonyl (C=O) groups excluding carboxylic acids is 2. The van der Waals surface area contributed by atoms with E-state index in [-0.39, 0.29) is 18.2 Å². The zero-order chi connectivity index (χ0) is 10.2. The summed E-state index contributed by atoms with van der Waals surface area (Å²) in [5.74, 6) is -0.490. The summed E-state index contributed by atoms with van der Waals surface area (Å²) in [7, 11) is 0. The number of hydrogen-bond acceptors (Lipinski definition) is 3. The van der Waals surface area contributed by atoms with Crippen molar-refractivity contribution in [3.63, 3.8) is 0 Å². The molecule has 1 saturated heterocycles. The third-order valence-electron chi connectivity index (χ3n) is 2.23. The highest BCUT2D eigenvalue weighted by Gasteiger charge is 2.46. The SMILES string of the molecule is CC(C#N)N1C(=O)CC(C)(C)C1=O. The van der Waals surface area contributed by atoms with Crippen molar-refractivity contribution in [2.45, 2.75) is 33.2 Å². The first-order valence-electron chi connectivity index (χ1n) is 4.16. The van der Waals surface area contributed by atoms with Crippen LogP contribution in [0.25, 0.3) is 0 Å². The van der Waals surface area contributed by atoms with Gasteiger partial charge >= 0.3 is 0 Å². The molecule has 0 saturated carbocycles. The molecule has 13 heavy (non-hydrogen) atoms. The van der Waals surface area contributed by atoms with Gasteiger partial charge < -0.3 is 0 Å². The maximum Gasteiger partial charge on any atom is 0.236 e. The Labute approximate surface area is 77.1 Å². The maximum atomic E-state index is 11.6. The third-order valence-corrected chi connectivity index (χ3v) is 2.23. The van der Waals surface area contributed by atoms with E-state index in [0.29, 0.717) is 0 Å². The van der Waals surface area contributed by atoms with Gasteiger partial charge in [-0.1, -0.05) is 13.8 Å². The number of carbonyl (C=O) groups is 2. The van der Waals surface area contributed by atoms with E-state index in [4.69, 9.17) is 5.26 Å². The Bertz CT molecular complexity index is 301. The van der Waals surface area contributed by atoms with E-state index in [1.54, 1.807) is 20.8 Å². The minimum Gasteiger partial charge on any atom is -0.274 e. The van der Waals surface area contributed by atoms with Crippen molar-refractivity contribution in [3.8, 4) is 6.07 Å². The molecule has 4 nitrogen and oxygen atoms in total. The highest BCUT2D eigenvalue weighted by atomic mass is 16.2. The average Bonchev–Trinajstić information content (AvgIpc) is 2.21. The van der Waals surface area contributed by atoms with E-state index in [0.717, 1.165) is 4.90 Å². The number of amides is 2. The van der Waals surface area contributed by atoms with Crippen LogP contribution in [-0.4, -0.2) is 22.8 Å². The summed E-state index contributed by atoms with van der Waals surface area (Å²) in [5, 5.41) is 8.60. The minimum atomic E-state index is -0.651. The van der Waals surface area contributed by atoms with Crippen LogP contribution in [0.15, 0.2) is 0 Å². The van der Waals surface area contributed by atoms with Gasteiger partial charge in [0.1, 0.15) is 6.04 Å². The van der Waals surface area contributed by atoms with Gasteiger partial charge in [-0.25, -0.2) is 0 Å². The molecule has 1 aliphatic rings. The zero-order valence-electron chi connectivity index (χ0n) is 8.00. The van der Waals surface area contributed by atoms with E-state index < -0.39 is 11.5 Å². The smallest absolute Gasteiger partial charge is 0.236 e. The molecule has 1 heterocycles. The summed E-state index contributed by atoms with van der Waals surface area (Å²) in [6.07, 6.45) is 0.206. The van der Waals surface area contributed by atoms with Crippen LogP contribution in [-0.2, 0) is 9.59 Å². The quantitative estimate of drug-likeness (QED) is 0.557. The number of rotatable bonds is 1. The third kappa shape index (κ3) is 1.42. The minimum absolute atomic E-state index is 0.206. The molecule has 70 valence electrons. The molecule has 0 spiro atoms. The maximum absolute atomic E-state index is 11.6. The molecule has 1 unspecified atom stereocenters. The number of nitrogens with zero attached hydrogens (tertiary/aromatic N) is 2. The summed E-state index contributed by atoms with van der Waals surface area (Å²) < 4.78 is 0. The lowest BCUT2D eigenvalue weighted by Crippen LogP contribution is -2.39. The average molecular weight is 180 g/mol. The molecule has 4 heteroatoms. The molecule has 1 atom stereocenters. The van der Waals surface area contributed by atoms with Crippen LogP contribution in [0.1, 0.15) is 27.2 Å². The van der Waals surface area contributed by atoms with Gasteiger partial charge in [-0.15, -0.1) is 0 Å². The van der Waals surface area contributed by atoms with Crippen molar-refractivity contribution < 1.29 is 9.59 Å². The van der Waals surface area contributed by atoms with Crippen molar-refractivity contribution in [1.82, 2.24) is 4.90 Å². The summed E-state index contributed by atoms with van der Waals surface area (Å²) in [6.45, 7) is 4.99. The molecule has 2 amide bonds. The number of nitriles is 1. The molecule has 0 aliphatic carbocycles. The Morgan fingerprint density at radius 2 is 2.08 bits per heavy atom. The van der Waals surface area contributed by atoms with Crippen molar-refractivity contribution in [1.29, 1.82) is 5.26 Å². The van der Waals surface area contributed by atoms with Gasteiger partial charge in [-0.2, -0.15) is 5.26 Å². The second-order valence-electron chi connectivity index (χ2n) is 3.93. The molecule has 0 bridgehead atoms. The lowest BCUT2D eigenvalue weighted by Gasteiger charge is -2.19. The highest BCUT2D eigenvalue weighted by Crippen LogP contribution is 2.32.